The van der Waals surface area contributed by atoms with Gasteiger partial charge in [-0.15, -0.1) is 0 Å². The summed E-state index contributed by atoms with van der Waals surface area (Å²) in [5.74, 6) is -0.542. The number of carbonyl (C=O) groups is 2. The molecular formula is C12H17N3O4S. The van der Waals surface area contributed by atoms with E-state index in [0.717, 1.165) is 5.56 Å². The Labute approximate surface area is 117 Å². The number of rotatable bonds is 6. The maximum Gasteiger partial charge on any atom is 0.239 e. The molecule has 0 spiro atoms. The summed E-state index contributed by atoms with van der Waals surface area (Å²) in [6, 6.07) is 6.12. The zero-order chi connectivity index (χ0) is 15.2. The molecule has 0 radical (unpaired) electrons. The van der Waals surface area contributed by atoms with Crippen LogP contribution < -0.4 is 15.8 Å². The molecule has 0 heterocycles. The van der Waals surface area contributed by atoms with Crippen molar-refractivity contribution < 1.29 is 18.0 Å². The van der Waals surface area contributed by atoms with Gasteiger partial charge < -0.3 is 10.6 Å². The van der Waals surface area contributed by atoms with E-state index < -0.39 is 10.0 Å². The Bertz CT molecular complexity index is 581. The zero-order valence-corrected chi connectivity index (χ0v) is 11.9. The lowest BCUT2D eigenvalue weighted by Gasteiger charge is -2.06. The number of amides is 2. The summed E-state index contributed by atoms with van der Waals surface area (Å²) < 4.78 is 22.1. The molecule has 0 fully saturated rings. The number of primary sulfonamides is 1. The molecule has 1 aromatic carbocycles. The molecule has 0 saturated heterocycles. The molecule has 7 nitrogen and oxygen atoms in total. The molecule has 1 aromatic rings. The summed E-state index contributed by atoms with van der Waals surface area (Å²) in [5, 5.41) is 10.0. The maximum absolute atomic E-state index is 11.3. The average Bonchev–Trinajstić information content (AvgIpc) is 2.36. The Morgan fingerprint density at radius 2 is 1.75 bits per heavy atom. The smallest absolute Gasteiger partial charge is 0.239 e. The first-order valence-corrected chi connectivity index (χ1v) is 7.46. The Morgan fingerprint density at radius 3 is 2.25 bits per heavy atom. The zero-order valence-electron chi connectivity index (χ0n) is 11.0. The van der Waals surface area contributed by atoms with Gasteiger partial charge in [-0.25, -0.2) is 13.6 Å². The molecule has 2 amide bonds. The Balaban J connectivity index is 2.39. The first-order chi connectivity index (χ1) is 9.29. The number of hydrogen-bond donors (Lipinski definition) is 3. The monoisotopic (exact) mass is 299 g/mol. The van der Waals surface area contributed by atoms with Gasteiger partial charge in [0.2, 0.25) is 21.8 Å². The van der Waals surface area contributed by atoms with E-state index in [1.54, 1.807) is 12.1 Å². The normalized spacial score (nSPS) is 10.9. The molecule has 20 heavy (non-hydrogen) atoms. The molecule has 0 aliphatic heterocycles. The second-order valence-corrected chi connectivity index (χ2v) is 5.76. The molecule has 1 rings (SSSR count). The van der Waals surface area contributed by atoms with E-state index in [0.29, 0.717) is 13.0 Å². The number of nitrogens with two attached hydrogens (primary N) is 1. The predicted octanol–water partition coefficient (Wildman–Crippen LogP) is -0.871. The molecule has 8 heteroatoms. The minimum Gasteiger partial charge on any atom is -0.354 e. The molecule has 0 aliphatic rings. The summed E-state index contributed by atoms with van der Waals surface area (Å²) in [7, 11) is -3.68. The van der Waals surface area contributed by atoms with Crippen LogP contribution in [0.2, 0.25) is 0 Å². The third kappa shape index (κ3) is 5.81. The topological polar surface area (TPSA) is 118 Å². The molecule has 110 valence electrons. The van der Waals surface area contributed by atoms with E-state index in [-0.39, 0.29) is 23.3 Å². The number of benzene rings is 1. The van der Waals surface area contributed by atoms with Gasteiger partial charge in [0.25, 0.3) is 0 Å². The van der Waals surface area contributed by atoms with Crippen LogP contribution in [0.3, 0.4) is 0 Å². The van der Waals surface area contributed by atoms with Gasteiger partial charge in [0.05, 0.1) is 11.4 Å². The molecule has 0 bridgehead atoms. The maximum atomic E-state index is 11.3. The van der Waals surface area contributed by atoms with Crippen LogP contribution in [-0.2, 0) is 26.0 Å². The summed E-state index contributed by atoms with van der Waals surface area (Å²) in [6.07, 6.45) is 0.552. The van der Waals surface area contributed by atoms with Gasteiger partial charge in [-0.1, -0.05) is 12.1 Å². The van der Waals surface area contributed by atoms with Crippen molar-refractivity contribution in [2.75, 3.05) is 13.1 Å². The van der Waals surface area contributed by atoms with Crippen molar-refractivity contribution in [2.45, 2.75) is 18.2 Å². The van der Waals surface area contributed by atoms with Gasteiger partial charge >= 0.3 is 0 Å². The first-order valence-electron chi connectivity index (χ1n) is 5.92. The van der Waals surface area contributed by atoms with Crippen molar-refractivity contribution in [2.24, 2.45) is 5.14 Å². The standard InChI is InChI=1S/C12H17N3O4S/c1-9(16)15-8-12(17)14-7-6-10-2-4-11(5-3-10)20(13,18)19/h2-5H,6-8H2,1H3,(H,14,17)(H,15,16)(H2,13,18,19). The third-order valence-electron chi connectivity index (χ3n) is 2.49. The fraction of sp³-hybridized carbons (Fsp3) is 0.333. The summed E-state index contributed by atoms with van der Waals surface area (Å²) >= 11 is 0. The van der Waals surface area contributed by atoms with Crippen molar-refractivity contribution in [1.82, 2.24) is 10.6 Å². The highest BCUT2D eigenvalue weighted by Gasteiger charge is 2.07. The molecule has 0 aliphatic carbocycles. The first kappa shape index (κ1) is 16.1. The number of carbonyl (C=O) groups excluding carboxylic acids is 2. The summed E-state index contributed by atoms with van der Waals surface area (Å²) in [5.41, 5.74) is 0.872. The Hall–Kier alpha value is -1.93. The lowest BCUT2D eigenvalue weighted by molar-refractivity contribution is -0.125. The number of nitrogens with one attached hydrogen (secondary N) is 2. The van der Waals surface area contributed by atoms with Gasteiger partial charge in [-0.05, 0) is 24.1 Å². The van der Waals surface area contributed by atoms with Crippen LogP contribution in [0.4, 0.5) is 0 Å². The van der Waals surface area contributed by atoms with E-state index in [2.05, 4.69) is 10.6 Å². The number of hydrogen-bond acceptors (Lipinski definition) is 4. The lowest BCUT2D eigenvalue weighted by atomic mass is 10.1. The Kier molecular flexibility index (Phi) is 5.66. The van der Waals surface area contributed by atoms with Crippen LogP contribution in [0.1, 0.15) is 12.5 Å². The molecule has 0 aromatic heterocycles. The van der Waals surface area contributed by atoms with Gasteiger partial charge in [-0.2, -0.15) is 0 Å². The Morgan fingerprint density at radius 1 is 1.15 bits per heavy atom. The van der Waals surface area contributed by atoms with Crippen LogP contribution in [0.15, 0.2) is 29.2 Å². The van der Waals surface area contributed by atoms with Crippen molar-refractivity contribution in [3.05, 3.63) is 29.8 Å². The van der Waals surface area contributed by atoms with Crippen molar-refractivity contribution in [3.8, 4) is 0 Å². The molecular weight excluding hydrogens is 282 g/mol. The SMILES string of the molecule is CC(=O)NCC(=O)NCCc1ccc(S(N)(=O)=O)cc1. The van der Waals surface area contributed by atoms with Crippen LogP contribution >= 0.6 is 0 Å². The van der Waals surface area contributed by atoms with E-state index in [1.807, 2.05) is 0 Å². The molecule has 0 atom stereocenters. The van der Waals surface area contributed by atoms with Gasteiger partial charge in [0, 0.05) is 13.5 Å². The molecule has 0 unspecified atom stereocenters. The molecule has 4 N–H and O–H groups in total. The number of sulfonamides is 1. The van der Waals surface area contributed by atoms with Crippen LogP contribution in [0, 0.1) is 0 Å². The van der Waals surface area contributed by atoms with Crippen LogP contribution in [0.5, 0.6) is 0 Å². The highest BCUT2D eigenvalue weighted by atomic mass is 32.2. The van der Waals surface area contributed by atoms with E-state index >= 15 is 0 Å². The van der Waals surface area contributed by atoms with E-state index in [4.69, 9.17) is 5.14 Å². The second kappa shape index (κ2) is 7.01. The summed E-state index contributed by atoms with van der Waals surface area (Å²) in [6.45, 7) is 1.67. The predicted molar refractivity (Wildman–Crippen MR) is 73.2 cm³/mol. The van der Waals surface area contributed by atoms with Crippen molar-refractivity contribution >= 4 is 21.8 Å². The molecule has 0 saturated carbocycles. The van der Waals surface area contributed by atoms with Crippen LogP contribution in [0.25, 0.3) is 0 Å². The minimum absolute atomic E-state index is 0.0518. The largest absolute Gasteiger partial charge is 0.354 e. The van der Waals surface area contributed by atoms with Crippen molar-refractivity contribution in [3.63, 3.8) is 0 Å². The lowest BCUT2D eigenvalue weighted by Crippen LogP contribution is -2.36. The summed E-state index contributed by atoms with van der Waals surface area (Å²) in [4.78, 5) is 22.0. The highest BCUT2D eigenvalue weighted by Crippen LogP contribution is 2.08. The fourth-order valence-corrected chi connectivity index (χ4v) is 1.97. The average molecular weight is 299 g/mol. The van der Waals surface area contributed by atoms with Gasteiger partial charge in [0.15, 0.2) is 0 Å². The second-order valence-electron chi connectivity index (χ2n) is 4.20. The van der Waals surface area contributed by atoms with Crippen molar-refractivity contribution in [1.29, 1.82) is 0 Å². The quantitative estimate of drug-likeness (QED) is 0.632. The third-order valence-corrected chi connectivity index (χ3v) is 3.41. The van der Waals surface area contributed by atoms with Gasteiger partial charge in [0.1, 0.15) is 0 Å². The van der Waals surface area contributed by atoms with E-state index in [1.165, 1.54) is 19.1 Å². The fourth-order valence-electron chi connectivity index (χ4n) is 1.46. The van der Waals surface area contributed by atoms with Crippen LogP contribution in [-0.4, -0.2) is 33.3 Å². The highest BCUT2D eigenvalue weighted by molar-refractivity contribution is 7.89. The van der Waals surface area contributed by atoms with Gasteiger partial charge in [-0.3, -0.25) is 9.59 Å². The minimum atomic E-state index is -3.68. The van der Waals surface area contributed by atoms with E-state index in [9.17, 15) is 18.0 Å².